The number of fused-ring (bicyclic) bond motifs is 1. The SMILES string of the molecule is COc1ccc2oc(CNC(=O)[C@@H](c3cccnc3)N3CCCC3)nc2c1. The van der Waals surface area contributed by atoms with E-state index in [0.717, 1.165) is 37.2 Å². The highest BCUT2D eigenvalue weighted by Gasteiger charge is 2.29. The van der Waals surface area contributed by atoms with Crippen LogP contribution in [0.15, 0.2) is 47.1 Å². The summed E-state index contributed by atoms with van der Waals surface area (Å²) >= 11 is 0. The predicted molar refractivity (Wildman–Crippen MR) is 100 cm³/mol. The van der Waals surface area contributed by atoms with Crippen LogP contribution >= 0.6 is 0 Å². The first-order valence-electron chi connectivity index (χ1n) is 9.10. The van der Waals surface area contributed by atoms with Crippen LogP contribution in [0.5, 0.6) is 5.75 Å². The van der Waals surface area contributed by atoms with Gasteiger partial charge in [0.15, 0.2) is 5.58 Å². The van der Waals surface area contributed by atoms with Gasteiger partial charge in [-0.15, -0.1) is 0 Å². The number of oxazole rings is 1. The average molecular weight is 366 g/mol. The third kappa shape index (κ3) is 3.78. The standard InChI is InChI=1S/C20H22N4O3/c1-26-15-6-7-17-16(11-15)23-18(27-17)13-22-20(25)19(24-9-2-3-10-24)14-5-4-8-21-12-14/h4-8,11-12,19H,2-3,9-10,13H2,1H3,(H,22,25)/t19-/m1/s1. The number of likely N-dealkylation sites (tertiary alicyclic amines) is 1. The summed E-state index contributed by atoms with van der Waals surface area (Å²) in [5.41, 5.74) is 2.28. The lowest BCUT2D eigenvalue weighted by Gasteiger charge is -2.26. The predicted octanol–water partition coefficient (Wildman–Crippen LogP) is 2.68. The fraction of sp³-hybridized carbons (Fsp3) is 0.350. The van der Waals surface area contributed by atoms with E-state index in [1.807, 2.05) is 30.3 Å². The number of aromatic nitrogens is 2. The van der Waals surface area contributed by atoms with Gasteiger partial charge in [-0.1, -0.05) is 6.07 Å². The number of hydrogen-bond donors (Lipinski definition) is 1. The number of nitrogens with one attached hydrogen (secondary N) is 1. The monoisotopic (exact) mass is 366 g/mol. The van der Waals surface area contributed by atoms with Gasteiger partial charge in [0.05, 0.1) is 13.7 Å². The first-order valence-corrected chi connectivity index (χ1v) is 9.10. The zero-order valence-electron chi connectivity index (χ0n) is 15.2. The topological polar surface area (TPSA) is 80.5 Å². The Kier molecular flexibility index (Phi) is 5.02. The Morgan fingerprint density at radius 1 is 1.33 bits per heavy atom. The quantitative estimate of drug-likeness (QED) is 0.722. The summed E-state index contributed by atoms with van der Waals surface area (Å²) in [6, 6.07) is 8.91. The number of hydrogen-bond acceptors (Lipinski definition) is 6. The van der Waals surface area contributed by atoms with Gasteiger partial charge in [-0.2, -0.15) is 0 Å². The van der Waals surface area contributed by atoms with Gasteiger partial charge in [0.2, 0.25) is 11.8 Å². The van der Waals surface area contributed by atoms with Gasteiger partial charge in [-0.05, 0) is 49.7 Å². The number of benzene rings is 1. The second kappa shape index (κ2) is 7.75. The summed E-state index contributed by atoms with van der Waals surface area (Å²) in [7, 11) is 1.61. The van der Waals surface area contributed by atoms with Crippen molar-refractivity contribution in [3.63, 3.8) is 0 Å². The molecule has 7 nitrogen and oxygen atoms in total. The highest BCUT2D eigenvalue weighted by Crippen LogP contribution is 2.25. The van der Waals surface area contributed by atoms with E-state index in [1.165, 1.54) is 0 Å². The molecule has 1 atom stereocenters. The molecule has 2 aromatic heterocycles. The van der Waals surface area contributed by atoms with Gasteiger partial charge >= 0.3 is 0 Å². The summed E-state index contributed by atoms with van der Waals surface area (Å²) in [4.78, 5) is 23.8. The van der Waals surface area contributed by atoms with Crippen LogP contribution in [0.1, 0.15) is 30.3 Å². The Morgan fingerprint density at radius 2 is 2.19 bits per heavy atom. The van der Waals surface area contributed by atoms with Crippen molar-refractivity contribution < 1.29 is 13.9 Å². The molecule has 3 aromatic rings. The van der Waals surface area contributed by atoms with Crippen LogP contribution < -0.4 is 10.1 Å². The molecule has 0 aliphatic carbocycles. The molecule has 0 radical (unpaired) electrons. The first-order chi connectivity index (χ1) is 13.2. The summed E-state index contributed by atoms with van der Waals surface area (Å²) in [6.07, 6.45) is 5.69. The minimum Gasteiger partial charge on any atom is -0.497 e. The van der Waals surface area contributed by atoms with E-state index in [0.29, 0.717) is 17.0 Å². The largest absolute Gasteiger partial charge is 0.497 e. The van der Waals surface area contributed by atoms with E-state index >= 15 is 0 Å². The summed E-state index contributed by atoms with van der Waals surface area (Å²) in [5, 5.41) is 2.97. The molecule has 1 aliphatic rings. The lowest BCUT2D eigenvalue weighted by molar-refractivity contribution is -0.126. The van der Waals surface area contributed by atoms with Crippen molar-refractivity contribution in [2.45, 2.75) is 25.4 Å². The van der Waals surface area contributed by atoms with Crippen molar-refractivity contribution in [2.75, 3.05) is 20.2 Å². The Bertz CT molecular complexity index is 919. The third-order valence-electron chi connectivity index (χ3n) is 4.81. The van der Waals surface area contributed by atoms with Gasteiger partial charge in [0.25, 0.3) is 0 Å². The molecular weight excluding hydrogens is 344 g/mol. The lowest BCUT2D eigenvalue weighted by Crippen LogP contribution is -2.39. The van der Waals surface area contributed by atoms with E-state index in [-0.39, 0.29) is 18.5 Å². The smallest absolute Gasteiger partial charge is 0.242 e. The van der Waals surface area contributed by atoms with Gasteiger partial charge < -0.3 is 14.5 Å². The maximum atomic E-state index is 12.9. The molecular formula is C20H22N4O3. The molecule has 0 spiro atoms. The molecule has 140 valence electrons. The molecule has 0 unspecified atom stereocenters. The van der Waals surface area contributed by atoms with Crippen molar-refractivity contribution in [1.82, 2.24) is 20.2 Å². The van der Waals surface area contributed by atoms with E-state index < -0.39 is 0 Å². The highest BCUT2D eigenvalue weighted by molar-refractivity contribution is 5.83. The van der Waals surface area contributed by atoms with Gasteiger partial charge in [-0.25, -0.2) is 4.98 Å². The molecule has 3 heterocycles. The molecule has 7 heteroatoms. The second-order valence-corrected chi connectivity index (χ2v) is 6.59. The Hall–Kier alpha value is -2.93. The molecule has 0 bridgehead atoms. The number of rotatable bonds is 6. The fourth-order valence-corrected chi connectivity index (χ4v) is 3.48. The molecule has 27 heavy (non-hydrogen) atoms. The zero-order chi connectivity index (χ0) is 18.6. The maximum absolute atomic E-state index is 12.9. The normalized spacial score (nSPS) is 15.7. The highest BCUT2D eigenvalue weighted by atomic mass is 16.5. The molecule has 1 N–H and O–H groups in total. The van der Waals surface area contributed by atoms with Crippen molar-refractivity contribution in [2.24, 2.45) is 0 Å². The van der Waals surface area contributed by atoms with Crippen LogP contribution in [0.25, 0.3) is 11.1 Å². The van der Waals surface area contributed by atoms with Crippen LogP contribution in [0.2, 0.25) is 0 Å². The summed E-state index contributed by atoms with van der Waals surface area (Å²) in [6.45, 7) is 2.06. The van der Waals surface area contributed by atoms with Gasteiger partial charge in [-0.3, -0.25) is 14.7 Å². The number of pyridine rings is 1. The summed E-state index contributed by atoms with van der Waals surface area (Å²) < 4.78 is 10.9. The van der Waals surface area contributed by atoms with Crippen LogP contribution in [-0.4, -0.2) is 41.0 Å². The van der Waals surface area contributed by atoms with Crippen LogP contribution in [0, 0.1) is 0 Å². The number of carbonyl (C=O) groups excluding carboxylic acids is 1. The van der Waals surface area contributed by atoms with E-state index in [4.69, 9.17) is 9.15 Å². The number of carbonyl (C=O) groups is 1. The molecule has 1 fully saturated rings. The van der Waals surface area contributed by atoms with E-state index in [9.17, 15) is 4.79 Å². The van der Waals surface area contributed by atoms with Gasteiger partial charge in [0.1, 0.15) is 17.3 Å². The van der Waals surface area contributed by atoms with Crippen molar-refractivity contribution in [1.29, 1.82) is 0 Å². The second-order valence-electron chi connectivity index (χ2n) is 6.59. The average Bonchev–Trinajstić information content (AvgIpc) is 3.36. The molecule has 1 aromatic carbocycles. The molecule has 1 aliphatic heterocycles. The molecule has 4 rings (SSSR count). The Labute approximate surface area is 157 Å². The van der Waals surface area contributed by atoms with Gasteiger partial charge in [0, 0.05) is 18.5 Å². The molecule has 1 amide bonds. The number of ether oxygens (including phenoxy) is 1. The maximum Gasteiger partial charge on any atom is 0.242 e. The van der Waals surface area contributed by atoms with Crippen molar-refractivity contribution in [3.05, 3.63) is 54.2 Å². The number of nitrogens with zero attached hydrogens (tertiary/aromatic N) is 3. The lowest BCUT2D eigenvalue weighted by atomic mass is 10.1. The Morgan fingerprint density at radius 3 is 2.93 bits per heavy atom. The van der Waals surface area contributed by atoms with Crippen LogP contribution in [0.4, 0.5) is 0 Å². The molecule has 0 saturated carbocycles. The van der Waals surface area contributed by atoms with E-state index in [2.05, 4.69) is 20.2 Å². The summed E-state index contributed by atoms with van der Waals surface area (Å²) in [5.74, 6) is 1.12. The number of methoxy groups -OCH3 is 1. The minimum absolute atomic E-state index is 0.0651. The zero-order valence-corrected chi connectivity index (χ0v) is 15.2. The number of amides is 1. The Balaban J connectivity index is 1.49. The minimum atomic E-state index is -0.342. The van der Waals surface area contributed by atoms with Crippen molar-refractivity contribution in [3.8, 4) is 5.75 Å². The van der Waals surface area contributed by atoms with Crippen LogP contribution in [0.3, 0.4) is 0 Å². The van der Waals surface area contributed by atoms with Crippen LogP contribution in [-0.2, 0) is 11.3 Å². The first kappa shape index (κ1) is 17.5. The molecule has 1 saturated heterocycles. The van der Waals surface area contributed by atoms with E-state index in [1.54, 1.807) is 19.5 Å². The van der Waals surface area contributed by atoms with Crippen molar-refractivity contribution >= 4 is 17.0 Å². The fourth-order valence-electron chi connectivity index (χ4n) is 3.48. The third-order valence-corrected chi connectivity index (χ3v) is 4.81.